The van der Waals surface area contributed by atoms with Crippen molar-refractivity contribution >= 4 is 28.5 Å². The maximum Gasteiger partial charge on any atom is 0.410 e. The fraction of sp³-hybridized carbons (Fsp3) is 0.286. The van der Waals surface area contributed by atoms with Gasteiger partial charge in [-0.2, -0.15) is 0 Å². The molecule has 1 saturated heterocycles. The summed E-state index contributed by atoms with van der Waals surface area (Å²) in [6.07, 6.45) is 1.42. The Bertz CT molecular complexity index is 1290. The van der Waals surface area contributed by atoms with Crippen LogP contribution in [0.25, 0.3) is 33.3 Å². The maximum absolute atomic E-state index is 12.9. The molecule has 5 N–H and O–H groups in total. The van der Waals surface area contributed by atoms with Gasteiger partial charge in [0.1, 0.15) is 11.4 Å². The van der Waals surface area contributed by atoms with Crippen molar-refractivity contribution in [1.82, 2.24) is 14.9 Å². The molecule has 1 aliphatic rings. The van der Waals surface area contributed by atoms with Gasteiger partial charge in [0.15, 0.2) is 0 Å². The SMILES string of the molecule is CC(C)(C)OC(=O)N1CCCC1c1nc2c(-c3ccc(N)cc3)ccc(-c3ccc(N)cc3)c2[nH]1. The largest absolute Gasteiger partial charge is 0.444 e. The zero-order valence-corrected chi connectivity index (χ0v) is 20.3. The zero-order chi connectivity index (χ0) is 24.7. The normalized spacial score (nSPS) is 16.1. The van der Waals surface area contributed by atoms with E-state index in [4.69, 9.17) is 21.2 Å². The third-order valence-corrected chi connectivity index (χ3v) is 6.30. The van der Waals surface area contributed by atoms with Crippen LogP contribution >= 0.6 is 0 Å². The average Bonchev–Trinajstić information content (AvgIpc) is 3.46. The van der Waals surface area contributed by atoms with Crippen molar-refractivity contribution < 1.29 is 9.53 Å². The molecule has 0 radical (unpaired) electrons. The van der Waals surface area contributed by atoms with Gasteiger partial charge in [-0.15, -0.1) is 0 Å². The van der Waals surface area contributed by atoms with E-state index in [0.29, 0.717) is 17.9 Å². The van der Waals surface area contributed by atoms with Gasteiger partial charge in [-0.05, 0) is 69.0 Å². The standard InChI is InChI=1S/C28H31N5O2/c1-28(2,3)35-27(34)33-16-4-5-23(33)26-31-24-21(17-6-10-19(29)11-7-17)14-15-22(25(24)32-26)18-8-12-20(30)13-9-18/h6-15,23H,4-5,16,29-30H2,1-3H3,(H,31,32). The predicted octanol–water partition coefficient (Wildman–Crippen LogP) is 6.13. The van der Waals surface area contributed by atoms with E-state index in [0.717, 1.165) is 52.0 Å². The van der Waals surface area contributed by atoms with Gasteiger partial charge < -0.3 is 21.2 Å². The fourth-order valence-corrected chi connectivity index (χ4v) is 4.66. The first-order chi connectivity index (χ1) is 16.7. The zero-order valence-electron chi connectivity index (χ0n) is 20.3. The second-order valence-electron chi connectivity index (χ2n) is 10.1. The van der Waals surface area contributed by atoms with Crippen molar-refractivity contribution in [3.05, 3.63) is 66.5 Å². The van der Waals surface area contributed by atoms with Gasteiger partial charge in [-0.25, -0.2) is 9.78 Å². The van der Waals surface area contributed by atoms with E-state index in [2.05, 4.69) is 17.1 Å². The van der Waals surface area contributed by atoms with Gasteiger partial charge in [0.25, 0.3) is 0 Å². The van der Waals surface area contributed by atoms with Crippen molar-refractivity contribution in [3.8, 4) is 22.3 Å². The van der Waals surface area contributed by atoms with Gasteiger partial charge in [0.05, 0.1) is 17.1 Å². The summed E-state index contributed by atoms with van der Waals surface area (Å²) in [6.45, 7) is 6.30. The molecule has 5 rings (SSSR count). The number of carbonyl (C=O) groups is 1. The fourth-order valence-electron chi connectivity index (χ4n) is 4.66. The molecule has 1 amide bonds. The first-order valence-corrected chi connectivity index (χ1v) is 11.9. The molecular formula is C28H31N5O2. The van der Waals surface area contributed by atoms with Crippen molar-refractivity contribution in [2.24, 2.45) is 0 Å². The second kappa shape index (κ2) is 8.65. The number of anilines is 2. The lowest BCUT2D eigenvalue weighted by Gasteiger charge is -2.27. The maximum atomic E-state index is 12.9. The number of carbonyl (C=O) groups excluding carboxylic acids is 1. The highest BCUT2D eigenvalue weighted by Crippen LogP contribution is 2.38. The van der Waals surface area contributed by atoms with Crippen molar-refractivity contribution in [2.75, 3.05) is 18.0 Å². The minimum atomic E-state index is -0.553. The Morgan fingerprint density at radius 2 is 1.51 bits per heavy atom. The number of aromatic nitrogens is 2. The number of aromatic amines is 1. The van der Waals surface area contributed by atoms with Crippen molar-refractivity contribution in [3.63, 3.8) is 0 Å². The van der Waals surface area contributed by atoms with Crippen LogP contribution in [0.15, 0.2) is 60.7 Å². The average molecular weight is 470 g/mol. The van der Waals surface area contributed by atoms with E-state index in [1.165, 1.54) is 0 Å². The molecular weight excluding hydrogens is 438 g/mol. The molecule has 4 aromatic rings. The molecule has 1 unspecified atom stereocenters. The summed E-state index contributed by atoms with van der Waals surface area (Å²) < 4.78 is 5.68. The third kappa shape index (κ3) is 4.54. The third-order valence-electron chi connectivity index (χ3n) is 6.30. The molecule has 0 aliphatic carbocycles. The molecule has 1 aromatic heterocycles. The molecule has 7 nitrogen and oxygen atoms in total. The number of nitrogens with zero attached hydrogens (tertiary/aromatic N) is 2. The summed E-state index contributed by atoms with van der Waals surface area (Å²) in [5, 5.41) is 0. The van der Waals surface area contributed by atoms with Crippen LogP contribution in [0.5, 0.6) is 0 Å². The van der Waals surface area contributed by atoms with Gasteiger partial charge in [0, 0.05) is 29.0 Å². The van der Waals surface area contributed by atoms with Gasteiger partial charge in [-0.1, -0.05) is 36.4 Å². The number of benzene rings is 3. The van der Waals surface area contributed by atoms with Crippen LogP contribution < -0.4 is 11.5 Å². The highest BCUT2D eigenvalue weighted by atomic mass is 16.6. The van der Waals surface area contributed by atoms with E-state index in [9.17, 15) is 4.79 Å². The summed E-state index contributed by atoms with van der Waals surface area (Å²) in [4.78, 5) is 23.4. The minimum Gasteiger partial charge on any atom is -0.444 e. The summed E-state index contributed by atoms with van der Waals surface area (Å²) >= 11 is 0. The lowest BCUT2D eigenvalue weighted by molar-refractivity contribution is 0.0219. The predicted molar refractivity (Wildman–Crippen MR) is 141 cm³/mol. The molecule has 3 aromatic carbocycles. The molecule has 180 valence electrons. The van der Waals surface area contributed by atoms with Gasteiger partial charge in [0.2, 0.25) is 0 Å². The van der Waals surface area contributed by atoms with Crippen LogP contribution in [-0.4, -0.2) is 33.1 Å². The topological polar surface area (TPSA) is 110 Å². The number of hydrogen-bond donors (Lipinski definition) is 3. The molecule has 0 bridgehead atoms. The summed E-state index contributed by atoms with van der Waals surface area (Å²) in [6, 6.07) is 19.6. The van der Waals surface area contributed by atoms with Crippen LogP contribution in [0.4, 0.5) is 16.2 Å². The summed E-state index contributed by atoms with van der Waals surface area (Å²) in [5.74, 6) is 0.767. The number of imidazole rings is 1. The molecule has 0 saturated carbocycles. The number of rotatable bonds is 3. The number of likely N-dealkylation sites (tertiary alicyclic amines) is 1. The van der Waals surface area contributed by atoms with E-state index in [1.807, 2.05) is 69.3 Å². The quantitative estimate of drug-likeness (QED) is 0.312. The number of nitrogens with two attached hydrogens (primary N) is 2. The molecule has 35 heavy (non-hydrogen) atoms. The van der Waals surface area contributed by atoms with E-state index in [-0.39, 0.29) is 12.1 Å². The monoisotopic (exact) mass is 469 g/mol. The number of H-pyrrole nitrogens is 1. The molecule has 1 atom stereocenters. The van der Waals surface area contributed by atoms with Gasteiger partial charge >= 0.3 is 6.09 Å². The number of nitrogens with one attached hydrogen (secondary N) is 1. The Kier molecular flexibility index (Phi) is 5.63. The van der Waals surface area contributed by atoms with E-state index in [1.54, 1.807) is 4.90 Å². The van der Waals surface area contributed by atoms with Crippen molar-refractivity contribution in [2.45, 2.75) is 45.3 Å². The highest BCUT2D eigenvalue weighted by molar-refractivity contribution is 6.01. The number of hydrogen-bond acceptors (Lipinski definition) is 5. The first kappa shape index (κ1) is 22.8. The number of fused-ring (bicyclic) bond motifs is 1. The lowest BCUT2D eigenvalue weighted by Crippen LogP contribution is -2.36. The molecule has 1 fully saturated rings. The molecule has 0 spiro atoms. The lowest BCUT2D eigenvalue weighted by atomic mass is 9.97. The Balaban J connectivity index is 1.63. The Labute approximate surface area is 205 Å². The number of nitrogen functional groups attached to an aromatic ring is 2. The van der Waals surface area contributed by atoms with Gasteiger partial charge in [-0.3, -0.25) is 4.90 Å². The minimum absolute atomic E-state index is 0.171. The van der Waals surface area contributed by atoms with Crippen LogP contribution in [0.1, 0.15) is 45.5 Å². The summed E-state index contributed by atoms with van der Waals surface area (Å²) in [7, 11) is 0. The molecule has 1 aliphatic heterocycles. The van der Waals surface area contributed by atoms with E-state index < -0.39 is 5.60 Å². The Morgan fingerprint density at radius 3 is 2.11 bits per heavy atom. The highest BCUT2D eigenvalue weighted by Gasteiger charge is 2.35. The summed E-state index contributed by atoms with van der Waals surface area (Å²) in [5.41, 5.74) is 18.6. The second-order valence-corrected chi connectivity index (χ2v) is 10.1. The van der Waals surface area contributed by atoms with Crippen LogP contribution in [-0.2, 0) is 4.74 Å². The number of ether oxygens (including phenoxy) is 1. The number of amides is 1. The van der Waals surface area contributed by atoms with Crippen LogP contribution in [0.3, 0.4) is 0 Å². The smallest absolute Gasteiger partial charge is 0.410 e. The molecule has 7 heteroatoms. The van der Waals surface area contributed by atoms with E-state index >= 15 is 0 Å². The Morgan fingerprint density at radius 1 is 0.943 bits per heavy atom. The van der Waals surface area contributed by atoms with Crippen molar-refractivity contribution in [1.29, 1.82) is 0 Å². The Hall–Kier alpha value is -4.00. The van der Waals surface area contributed by atoms with Crippen LogP contribution in [0.2, 0.25) is 0 Å². The molecule has 2 heterocycles. The van der Waals surface area contributed by atoms with Crippen LogP contribution in [0, 0.1) is 0 Å². The first-order valence-electron chi connectivity index (χ1n) is 11.9.